The third-order valence-electron chi connectivity index (χ3n) is 2.32. The number of carbonyl (C=O) groups is 1. The number of carboxylic acids is 1. The summed E-state index contributed by atoms with van der Waals surface area (Å²) in [6, 6.07) is 0. The molecule has 0 radical (unpaired) electrons. The van der Waals surface area contributed by atoms with Crippen molar-refractivity contribution in [2.24, 2.45) is 5.41 Å². The molecule has 1 atom stereocenters. The molecule has 13 heavy (non-hydrogen) atoms. The molecule has 0 aromatic rings. The topological polar surface area (TPSA) is 71.4 Å². The van der Waals surface area contributed by atoms with Gasteiger partial charge >= 0.3 is 5.97 Å². The lowest BCUT2D eigenvalue weighted by Gasteiger charge is -2.29. The summed E-state index contributed by atoms with van der Waals surface area (Å²) in [5.74, 6) is -1.94. The Balaban J connectivity index is 2.95. The van der Waals surface area contributed by atoms with E-state index >= 15 is 0 Å². The number of sulfone groups is 1. The number of aliphatic carboxylic acids is 1. The highest BCUT2D eigenvalue weighted by molar-refractivity contribution is 7.91. The summed E-state index contributed by atoms with van der Waals surface area (Å²) in [4.78, 5) is 10.7. The predicted octanol–water partition coefficient (Wildman–Crippen LogP) is 0.236. The number of hydrogen-bond donors (Lipinski definition) is 1. The molecule has 76 valence electrons. The SMILES string of the molecule is O=C(O)C1(CF)CCCS(=O)(=O)C1. The molecule has 4 nitrogen and oxygen atoms in total. The van der Waals surface area contributed by atoms with Crippen molar-refractivity contribution >= 4 is 15.8 Å². The Labute approximate surface area is 75.7 Å². The van der Waals surface area contributed by atoms with Crippen molar-refractivity contribution in [2.75, 3.05) is 18.2 Å². The molecular formula is C7H11FO4S. The van der Waals surface area contributed by atoms with Crippen molar-refractivity contribution in [1.29, 1.82) is 0 Å². The van der Waals surface area contributed by atoms with E-state index in [-0.39, 0.29) is 18.6 Å². The van der Waals surface area contributed by atoms with Crippen molar-refractivity contribution in [1.82, 2.24) is 0 Å². The second kappa shape index (κ2) is 3.25. The van der Waals surface area contributed by atoms with Crippen molar-refractivity contribution in [3.05, 3.63) is 0 Å². The van der Waals surface area contributed by atoms with Crippen LogP contribution in [-0.2, 0) is 14.6 Å². The van der Waals surface area contributed by atoms with Crippen molar-refractivity contribution < 1.29 is 22.7 Å². The van der Waals surface area contributed by atoms with Crippen LogP contribution in [0.15, 0.2) is 0 Å². The lowest BCUT2D eigenvalue weighted by atomic mass is 9.87. The summed E-state index contributed by atoms with van der Waals surface area (Å²) in [6.45, 7) is -1.11. The minimum atomic E-state index is -3.37. The van der Waals surface area contributed by atoms with Gasteiger partial charge in [0.25, 0.3) is 0 Å². The van der Waals surface area contributed by atoms with Gasteiger partial charge in [-0.2, -0.15) is 0 Å². The van der Waals surface area contributed by atoms with Crippen LogP contribution in [0.2, 0.25) is 0 Å². The standard InChI is InChI=1S/C7H11FO4S/c8-4-7(6(9)10)2-1-3-13(11,12)5-7/h1-5H2,(H,9,10). The highest BCUT2D eigenvalue weighted by Gasteiger charge is 2.45. The van der Waals surface area contributed by atoms with E-state index in [9.17, 15) is 17.6 Å². The quantitative estimate of drug-likeness (QED) is 0.708. The normalized spacial score (nSPS) is 32.7. The van der Waals surface area contributed by atoms with Gasteiger partial charge in [-0.1, -0.05) is 0 Å². The van der Waals surface area contributed by atoms with Gasteiger partial charge in [0.1, 0.15) is 12.1 Å². The maximum atomic E-state index is 12.5. The Morgan fingerprint density at radius 2 is 2.15 bits per heavy atom. The van der Waals surface area contributed by atoms with Gasteiger partial charge in [-0.05, 0) is 12.8 Å². The first-order valence-electron chi connectivity index (χ1n) is 3.92. The summed E-state index contributed by atoms with van der Waals surface area (Å²) in [7, 11) is -3.37. The van der Waals surface area contributed by atoms with Gasteiger partial charge in [-0.3, -0.25) is 4.79 Å². The van der Waals surface area contributed by atoms with E-state index in [0.29, 0.717) is 0 Å². The first kappa shape index (κ1) is 10.4. The molecule has 0 saturated carbocycles. The molecule has 1 heterocycles. The van der Waals surface area contributed by atoms with E-state index in [4.69, 9.17) is 5.11 Å². The van der Waals surface area contributed by atoms with Gasteiger partial charge in [0.2, 0.25) is 0 Å². The molecule has 0 spiro atoms. The summed E-state index contributed by atoms with van der Waals surface area (Å²) in [6.07, 6.45) is 0.344. The van der Waals surface area contributed by atoms with Crippen LogP contribution >= 0.6 is 0 Å². The molecule has 0 aromatic heterocycles. The fourth-order valence-electron chi connectivity index (χ4n) is 1.53. The van der Waals surface area contributed by atoms with Crippen molar-refractivity contribution in [2.45, 2.75) is 12.8 Å². The fourth-order valence-corrected chi connectivity index (χ4v) is 3.44. The molecule has 1 aliphatic rings. The molecule has 1 fully saturated rings. The summed E-state index contributed by atoms with van der Waals surface area (Å²) in [5, 5.41) is 8.72. The average Bonchev–Trinajstić information content (AvgIpc) is 2.02. The van der Waals surface area contributed by atoms with E-state index < -0.39 is 33.6 Å². The maximum absolute atomic E-state index is 12.5. The van der Waals surface area contributed by atoms with Crippen LogP contribution in [0.25, 0.3) is 0 Å². The Hall–Kier alpha value is -0.650. The molecular weight excluding hydrogens is 199 g/mol. The third-order valence-corrected chi connectivity index (χ3v) is 4.22. The second-order valence-corrected chi connectivity index (χ2v) is 5.60. The Morgan fingerprint density at radius 1 is 1.54 bits per heavy atom. The lowest BCUT2D eigenvalue weighted by Crippen LogP contribution is -2.44. The van der Waals surface area contributed by atoms with E-state index in [1.54, 1.807) is 0 Å². The van der Waals surface area contributed by atoms with Gasteiger partial charge < -0.3 is 5.11 Å². The minimum absolute atomic E-state index is 0.0258. The third kappa shape index (κ3) is 1.99. The fraction of sp³-hybridized carbons (Fsp3) is 0.857. The molecule has 1 aliphatic heterocycles. The number of carboxylic acid groups (broad SMARTS) is 1. The smallest absolute Gasteiger partial charge is 0.313 e. The Bertz CT molecular complexity index is 310. The van der Waals surface area contributed by atoms with E-state index in [1.807, 2.05) is 0 Å². The highest BCUT2D eigenvalue weighted by Crippen LogP contribution is 2.32. The van der Waals surface area contributed by atoms with Gasteiger partial charge in [0, 0.05) is 0 Å². The molecule has 0 bridgehead atoms. The molecule has 1 unspecified atom stereocenters. The molecule has 0 aromatic carbocycles. The van der Waals surface area contributed by atoms with Crippen LogP contribution in [0.1, 0.15) is 12.8 Å². The second-order valence-electron chi connectivity index (χ2n) is 3.41. The van der Waals surface area contributed by atoms with Gasteiger partial charge in [-0.25, -0.2) is 12.8 Å². The predicted molar refractivity (Wildman–Crippen MR) is 43.9 cm³/mol. The first-order valence-corrected chi connectivity index (χ1v) is 5.74. The summed E-state index contributed by atoms with van der Waals surface area (Å²) >= 11 is 0. The monoisotopic (exact) mass is 210 g/mol. The zero-order valence-corrected chi connectivity index (χ0v) is 7.81. The molecule has 0 aliphatic carbocycles. The highest BCUT2D eigenvalue weighted by atomic mass is 32.2. The van der Waals surface area contributed by atoms with Gasteiger partial charge in [0.15, 0.2) is 9.84 Å². The van der Waals surface area contributed by atoms with Crippen molar-refractivity contribution in [3.63, 3.8) is 0 Å². The van der Waals surface area contributed by atoms with E-state index in [2.05, 4.69) is 0 Å². The first-order chi connectivity index (χ1) is 5.92. The average molecular weight is 210 g/mol. The Kier molecular flexibility index (Phi) is 2.61. The van der Waals surface area contributed by atoms with Crippen LogP contribution in [-0.4, -0.2) is 37.7 Å². The maximum Gasteiger partial charge on any atom is 0.313 e. The molecule has 0 amide bonds. The molecule has 1 saturated heterocycles. The largest absolute Gasteiger partial charge is 0.481 e. The van der Waals surface area contributed by atoms with Crippen LogP contribution in [0, 0.1) is 5.41 Å². The van der Waals surface area contributed by atoms with E-state index in [1.165, 1.54) is 0 Å². The number of halogens is 1. The van der Waals surface area contributed by atoms with Gasteiger partial charge in [-0.15, -0.1) is 0 Å². The van der Waals surface area contributed by atoms with Gasteiger partial charge in [0.05, 0.1) is 11.5 Å². The molecule has 6 heteroatoms. The van der Waals surface area contributed by atoms with Crippen LogP contribution in [0.3, 0.4) is 0 Å². The lowest BCUT2D eigenvalue weighted by molar-refractivity contribution is -0.149. The molecule has 1 N–H and O–H groups in total. The van der Waals surface area contributed by atoms with E-state index in [0.717, 1.165) is 0 Å². The van der Waals surface area contributed by atoms with Crippen LogP contribution in [0.4, 0.5) is 4.39 Å². The van der Waals surface area contributed by atoms with Crippen molar-refractivity contribution in [3.8, 4) is 0 Å². The zero-order valence-electron chi connectivity index (χ0n) is 6.99. The minimum Gasteiger partial charge on any atom is -0.481 e. The Morgan fingerprint density at radius 3 is 2.46 bits per heavy atom. The zero-order chi connectivity index (χ0) is 10.1. The number of hydrogen-bond acceptors (Lipinski definition) is 3. The summed E-state index contributed by atoms with van der Waals surface area (Å²) in [5.41, 5.74) is -1.68. The molecule has 1 rings (SSSR count). The van der Waals surface area contributed by atoms with Crippen LogP contribution < -0.4 is 0 Å². The van der Waals surface area contributed by atoms with Crippen LogP contribution in [0.5, 0.6) is 0 Å². The number of rotatable bonds is 2. The number of alkyl halides is 1. The summed E-state index contributed by atoms with van der Waals surface area (Å²) < 4.78 is 34.7.